The molecule has 0 unspecified atom stereocenters. The Hall–Kier alpha value is -1.27. The number of benzene rings is 1. The zero-order chi connectivity index (χ0) is 15.5. The molecule has 1 aliphatic carbocycles. The van der Waals surface area contributed by atoms with Crippen LogP contribution in [-0.2, 0) is 6.54 Å². The van der Waals surface area contributed by atoms with Crippen LogP contribution >= 0.6 is 0 Å². The van der Waals surface area contributed by atoms with Crippen molar-refractivity contribution in [2.45, 2.75) is 50.7 Å². The van der Waals surface area contributed by atoms with Crippen LogP contribution in [0.5, 0.6) is 5.75 Å². The molecule has 118 valence electrons. The maximum absolute atomic E-state index is 12.4. The largest absolute Gasteiger partial charge is 0.573 e. The Morgan fingerprint density at radius 1 is 1.19 bits per heavy atom. The summed E-state index contributed by atoms with van der Waals surface area (Å²) in [7, 11) is 1.94. The Labute approximate surface area is 122 Å². The van der Waals surface area contributed by atoms with Gasteiger partial charge in [-0.25, -0.2) is 0 Å². The number of hydrogen-bond donors (Lipinski definition) is 1. The van der Waals surface area contributed by atoms with Crippen molar-refractivity contribution < 1.29 is 17.9 Å². The molecule has 0 radical (unpaired) electrons. The van der Waals surface area contributed by atoms with Gasteiger partial charge >= 0.3 is 6.36 Å². The topological polar surface area (TPSA) is 38.5 Å². The fourth-order valence-electron chi connectivity index (χ4n) is 2.80. The maximum atomic E-state index is 12.4. The van der Waals surface area contributed by atoms with Crippen LogP contribution in [-0.4, -0.2) is 30.4 Å². The summed E-state index contributed by atoms with van der Waals surface area (Å²) in [6.45, 7) is 0.437. The lowest BCUT2D eigenvalue weighted by Crippen LogP contribution is -2.38. The molecule has 1 saturated carbocycles. The Morgan fingerprint density at radius 3 is 2.43 bits per heavy atom. The molecule has 1 fully saturated rings. The van der Waals surface area contributed by atoms with Gasteiger partial charge in [0.2, 0.25) is 0 Å². The molecule has 0 atom stereocenters. The van der Waals surface area contributed by atoms with Gasteiger partial charge in [-0.2, -0.15) is 0 Å². The van der Waals surface area contributed by atoms with E-state index in [9.17, 15) is 13.2 Å². The van der Waals surface area contributed by atoms with E-state index in [2.05, 4.69) is 9.64 Å². The summed E-state index contributed by atoms with van der Waals surface area (Å²) in [5, 5.41) is 0. The predicted octanol–water partition coefficient (Wildman–Crippen LogP) is 3.29. The zero-order valence-corrected chi connectivity index (χ0v) is 12.1. The van der Waals surface area contributed by atoms with E-state index in [1.165, 1.54) is 6.07 Å². The average molecular weight is 302 g/mol. The molecule has 1 aliphatic rings. The molecule has 0 bridgehead atoms. The Bertz CT molecular complexity index is 456. The van der Waals surface area contributed by atoms with Crippen LogP contribution in [0.2, 0.25) is 0 Å². The summed E-state index contributed by atoms with van der Waals surface area (Å²) < 4.78 is 41.3. The molecule has 1 aromatic rings. The smallest absolute Gasteiger partial charge is 0.405 e. The number of nitrogens with two attached hydrogens (primary N) is 1. The zero-order valence-electron chi connectivity index (χ0n) is 12.1. The maximum Gasteiger partial charge on any atom is 0.573 e. The molecule has 0 saturated heterocycles. The summed E-state index contributed by atoms with van der Waals surface area (Å²) in [6, 6.07) is 6.92. The highest BCUT2D eigenvalue weighted by atomic mass is 19.4. The normalized spacial score (nSPS) is 23.3. The number of alkyl halides is 3. The first-order valence-electron chi connectivity index (χ1n) is 7.14. The number of nitrogens with zero attached hydrogens (tertiary/aromatic N) is 1. The lowest BCUT2D eigenvalue weighted by atomic mass is 9.91. The second-order valence-corrected chi connectivity index (χ2v) is 5.64. The number of rotatable bonds is 4. The van der Waals surface area contributed by atoms with E-state index in [0.717, 1.165) is 25.7 Å². The van der Waals surface area contributed by atoms with Crippen molar-refractivity contribution in [3.8, 4) is 5.75 Å². The summed E-state index contributed by atoms with van der Waals surface area (Å²) in [6.07, 6.45) is -0.752. The van der Waals surface area contributed by atoms with E-state index in [0.29, 0.717) is 18.2 Å². The van der Waals surface area contributed by atoms with Gasteiger partial charge in [0.05, 0.1) is 0 Å². The third-order valence-electron chi connectivity index (χ3n) is 3.98. The first kappa shape index (κ1) is 16.1. The van der Waals surface area contributed by atoms with Crippen LogP contribution in [0.15, 0.2) is 24.3 Å². The average Bonchev–Trinajstić information content (AvgIpc) is 2.40. The van der Waals surface area contributed by atoms with Crippen molar-refractivity contribution in [1.82, 2.24) is 4.90 Å². The number of para-hydroxylation sites is 1. The summed E-state index contributed by atoms with van der Waals surface area (Å²) >= 11 is 0. The van der Waals surface area contributed by atoms with Crippen LogP contribution in [0.25, 0.3) is 0 Å². The molecule has 0 aromatic heterocycles. The van der Waals surface area contributed by atoms with E-state index in [4.69, 9.17) is 5.73 Å². The molecule has 0 spiro atoms. The predicted molar refractivity (Wildman–Crippen MR) is 74.8 cm³/mol. The Balaban J connectivity index is 2.02. The van der Waals surface area contributed by atoms with Crippen molar-refractivity contribution in [2.24, 2.45) is 5.73 Å². The summed E-state index contributed by atoms with van der Waals surface area (Å²) in [5.41, 5.74) is 6.43. The first-order valence-corrected chi connectivity index (χ1v) is 7.14. The van der Waals surface area contributed by atoms with E-state index >= 15 is 0 Å². The number of halogens is 3. The molecule has 1 aromatic carbocycles. The van der Waals surface area contributed by atoms with Gasteiger partial charge < -0.3 is 10.5 Å². The quantitative estimate of drug-likeness (QED) is 0.927. The molecule has 2 rings (SSSR count). The number of ether oxygens (including phenoxy) is 1. The molecule has 0 aliphatic heterocycles. The van der Waals surface area contributed by atoms with Crippen LogP contribution in [0, 0.1) is 0 Å². The Morgan fingerprint density at radius 2 is 1.81 bits per heavy atom. The van der Waals surface area contributed by atoms with Crippen molar-refractivity contribution in [3.63, 3.8) is 0 Å². The molecule has 6 heteroatoms. The van der Waals surface area contributed by atoms with Crippen molar-refractivity contribution >= 4 is 0 Å². The lowest BCUT2D eigenvalue weighted by Gasteiger charge is -2.33. The molecular weight excluding hydrogens is 281 g/mol. The van der Waals surface area contributed by atoms with Gasteiger partial charge in [0.15, 0.2) is 0 Å². The SMILES string of the molecule is CN(Cc1ccccc1OC(F)(F)F)C1CCC(N)CC1. The fraction of sp³-hybridized carbons (Fsp3) is 0.600. The van der Waals surface area contributed by atoms with Crippen molar-refractivity contribution in [2.75, 3.05) is 7.05 Å². The van der Waals surface area contributed by atoms with Gasteiger partial charge in [0.25, 0.3) is 0 Å². The standard InChI is InChI=1S/C15H21F3N2O/c1-20(13-8-6-12(19)7-9-13)10-11-4-2-3-5-14(11)21-15(16,17)18/h2-5,12-13H,6-10,19H2,1H3. The van der Waals surface area contributed by atoms with Crippen molar-refractivity contribution in [3.05, 3.63) is 29.8 Å². The van der Waals surface area contributed by atoms with Crippen LogP contribution < -0.4 is 10.5 Å². The second-order valence-electron chi connectivity index (χ2n) is 5.64. The highest BCUT2D eigenvalue weighted by Gasteiger charge is 2.32. The molecule has 2 N–H and O–H groups in total. The molecule has 3 nitrogen and oxygen atoms in total. The molecule has 21 heavy (non-hydrogen) atoms. The van der Waals surface area contributed by atoms with Gasteiger partial charge in [-0.05, 0) is 38.8 Å². The van der Waals surface area contributed by atoms with Crippen LogP contribution in [0.3, 0.4) is 0 Å². The van der Waals surface area contributed by atoms with Gasteiger partial charge in [-0.1, -0.05) is 18.2 Å². The van der Waals surface area contributed by atoms with Gasteiger partial charge in [-0.15, -0.1) is 13.2 Å². The third kappa shape index (κ3) is 4.89. The minimum atomic E-state index is -4.66. The molecule has 0 heterocycles. The van der Waals surface area contributed by atoms with Crippen LogP contribution in [0.1, 0.15) is 31.2 Å². The van der Waals surface area contributed by atoms with E-state index < -0.39 is 6.36 Å². The first-order chi connectivity index (χ1) is 9.85. The van der Waals surface area contributed by atoms with E-state index in [1.807, 2.05) is 7.05 Å². The van der Waals surface area contributed by atoms with Gasteiger partial charge in [0.1, 0.15) is 5.75 Å². The monoisotopic (exact) mass is 302 g/mol. The van der Waals surface area contributed by atoms with E-state index in [-0.39, 0.29) is 11.8 Å². The summed E-state index contributed by atoms with van der Waals surface area (Å²) in [4.78, 5) is 2.09. The highest BCUT2D eigenvalue weighted by molar-refractivity contribution is 5.33. The highest BCUT2D eigenvalue weighted by Crippen LogP contribution is 2.29. The fourth-order valence-corrected chi connectivity index (χ4v) is 2.80. The van der Waals surface area contributed by atoms with E-state index in [1.54, 1.807) is 18.2 Å². The summed E-state index contributed by atoms with van der Waals surface area (Å²) in [5.74, 6) is -0.121. The van der Waals surface area contributed by atoms with Gasteiger partial charge in [0, 0.05) is 24.2 Å². The minimum absolute atomic E-state index is 0.121. The lowest BCUT2D eigenvalue weighted by molar-refractivity contribution is -0.275. The molecular formula is C15H21F3N2O. The van der Waals surface area contributed by atoms with Gasteiger partial charge in [-0.3, -0.25) is 4.90 Å². The number of hydrogen-bond acceptors (Lipinski definition) is 3. The third-order valence-corrected chi connectivity index (χ3v) is 3.98. The second kappa shape index (κ2) is 6.66. The van der Waals surface area contributed by atoms with Crippen molar-refractivity contribution in [1.29, 1.82) is 0 Å². The molecule has 0 amide bonds. The Kier molecular flexibility index (Phi) is 5.11. The van der Waals surface area contributed by atoms with Crippen LogP contribution in [0.4, 0.5) is 13.2 Å². The minimum Gasteiger partial charge on any atom is -0.405 e.